The van der Waals surface area contributed by atoms with Gasteiger partial charge in [0.1, 0.15) is 6.10 Å². The minimum Gasteiger partial charge on any atom is -0.460 e. The van der Waals surface area contributed by atoms with Gasteiger partial charge in [-0.25, -0.2) is 4.79 Å². The largest absolute Gasteiger partial charge is 0.460 e. The van der Waals surface area contributed by atoms with E-state index in [0.717, 1.165) is 24.8 Å². The summed E-state index contributed by atoms with van der Waals surface area (Å²) in [6.45, 7) is 5.89. The van der Waals surface area contributed by atoms with Crippen LogP contribution in [0.3, 0.4) is 0 Å². The Balaban J connectivity index is 1.79. The number of carbonyl (C=O) groups is 1. The van der Waals surface area contributed by atoms with E-state index in [1.807, 2.05) is 57.2 Å². The molecular formula is C24H30O3. The van der Waals surface area contributed by atoms with Crippen LogP contribution in [0.15, 0.2) is 60.7 Å². The van der Waals surface area contributed by atoms with E-state index >= 15 is 0 Å². The molecule has 0 heterocycles. The fourth-order valence-electron chi connectivity index (χ4n) is 3.76. The summed E-state index contributed by atoms with van der Waals surface area (Å²) in [5, 5.41) is 0. The van der Waals surface area contributed by atoms with Crippen molar-refractivity contribution in [1.82, 2.24) is 0 Å². The topological polar surface area (TPSA) is 35.5 Å². The molecule has 0 aromatic heterocycles. The monoisotopic (exact) mass is 366 g/mol. The molecule has 0 saturated heterocycles. The number of ether oxygens (including phenoxy) is 2. The van der Waals surface area contributed by atoms with E-state index in [-0.39, 0.29) is 18.0 Å². The normalized spacial score (nSPS) is 21.4. The lowest BCUT2D eigenvalue weighted by Crippen LogP contribution is -2.34. The van der Waals surface area contributed by atoms with Crippen molar-refractivity contribution in [3.8, 4) is 0 Å². The third-order valence-corrected chi connectivity index (χ3v) is 4.99. The molecule has 0 aliphatic heterocycles. The summed E-state index contributed by atoms with van der Waals surface area (Å²) in [6.07, 6.45) is 3.43. The van der Waals surface area contributed by atoms with Gasteiger partial charge in [0.05, 0.1) is 5.60 Å². The number of hydrogen-bond acceptors (Lipinski definition) is 3. The van der Waals surface area contributed by atoms with Crippen LogP contribution in [0.25, 0.3) is 0 Å². The summed E-state index contributed by atoms with van der Waals surface area (Å²) in [4.78, 5) is 13.1. The molecule has 1 aliphatic rings. The first-order valence-corrected chi connectivity index (χ1v) is 9.92. The highest BCUT2D eigenvalue weighted by molar-refractivity contribution is 5.77. The van der Waals surface area contributed by atoms with Gasteiger partial charge in [0.15, 0.2) is 6.10 Å². The van der Waals surface area contributed by atoms with E-state index in [0.29, 0.717) is 0 Å². The summed E-state index contributed by atoms with van der Waals surface area (Å²) in [5.74, 6) is -0.0288. The lowest BCUT2D eigenvalue weighted by atomic mass is 9.81. The molecule has 3 nitrogen and oxygen atoms in total. The summed E-state index contributed by atoms with van der Waals surface area (Å²) in [7, 11) is 0. The van der Waals surface area contributed by atoms with Gasteiger partial charge in [-0.3, -0.25) is 0 Å². The highest BCUT2D eigenvalue weighted by Gasteiger charge is 2.34. The molecule has 0 amide bonds. The van der Waals surface area contributed by atoms with Crippen molar-refractivity contribution in [2.75, 3.05) is 0 Å². The maximum Gasteiger partial charge on any atom is 0.340 e. The number of rotatable bonds is 5. The molecule has 3 atom stereocenters. The van der Waals surface area contributed by atoms with Crippen molar-refractivity contribution < 1.29 is 14.3 Å². The zero-order valence-corrected chi connectivity index (χ0v) is 16.6. The standard InChI is InChI=1S/C24H30O3/c1-24(2,3)27-22(19-14-8-5-9-15-19)23(25)26-21-17-11-10-16-20(21)18-12-6-4-7-13-18/h4-9,12-15,20-22H,10-11,16-17H2,1-3H3/t20-,21+,22+/m1/s1. The van der Waals surface area contributed by atoms with Crippen molar-refractivity contribution in [1.29, 1.82) is 0 Å². The summed E-state index contributed by atoms with van der Waals surface area (Å²) >= 11 is 0. The zero-order chi connectivity index (χ0) is 19.3. The Hall–Kier alpha value is -2.13. The molecule has 0 bridgehead atoms. The van der Waals surface area contributed by atoms with Crippen LogP contribution in [-0.4, -0.2) is 17.7 Å². The third kappa shape index (κ3) is 5.43. The highest BCUT2D eigenvalue weighted by atomic mass is 16.6. The van der Waals surface area contributed by atoms with Crippen LogP contribution < -0.4 is 0 Å². The van der Waals surface area contributed by atoms with Crippen LogP contribution in [0.2, 0.25) is 0 Å². The average molecular weight is 367 g/mol. The predicted octanol–water partition coefficient (Wildman–Crippen LogP) is 5.81. The van der Waals surface area contributed by atoms with Gasteiger partial charge in [0.2, 0.25) is 0 Å². The van der Waals surface area contributed by atoms with Crippen LogP contribution in [0.1, 0.15) is 69.6 Å². The van der Waals surface area contributed by atoms with Crippen LogP contribution in [-0.2, 0) is 14.3 Å². The maximum absolute atomic E-state index is 13.1. The molecule has 3 rings (SSSR count). The van der Waals surface area contributed by atoms with Crippen LogP contribution >= 0.6 is 0 Å². The minimum atomic E-state index is -0.704. The Morgan fingerprint density at radius 2 is 1.52 bits per heavy atom. The van der Waals surface area contributed by atoms with E-state index in [1.165, 1.54) is 12.0 Å². The molecule has 27 heavy (non-hydrogen) atoms. The fraction of sp³-hybridized carbons (Fsp3) is 0.458. The number of esters is 1. The lowest BCUT2D eigenvalue weighted by Gasteiger charge is -2.34. The summed E-state index contributed by atoms with van der Waals surface area (Å²) < 4.78 is 12.2. The number of benzene rings is 2. The van der Waals surface area contributed by atoms with E-state index in [9.17, 15) is 4.79 Å². The second-order valence-electron chi connectivity index (χ2n) is 8.30. The minimum absolute atomic E-state index is 0.0940. The molecule has 0 unspecified atom stereocenters. The van der Waals surface area contributed by atoms with Crippen molar-refractivity contribution in [2.45, 2.75) is 70.2 Å². The number of hydrogen-bond donors (Lipinski definition) is 0. The maximum atomic E-state index is 13.1. The van der Waals surface area contributed by atoms with Crippen LogP contribution in [0, 0.1) is 0 Å². The second kappa shape index (κ2) is 8.71. The van der Waals surface area contributed by atoms with Crippen molar-refractivity contribution in [3.05, 3.63) is 71.8 Å². The van der Waals surface area contributed by atoms with Crippen molar-refractivity contribution in [3.63, 3.8) is 0 Å². The van der Waals surface area contributed by atoms with Gasteiger partial charge in [-0.15, -0.1) is 0 Å². The number of carbonyl (C=O) groups excluding carboxylic acids is 1. The van der Waals surface area contributed by atoms with E-state index in [2.05, 4.69) is 24.3 Å². The fourth-order valence-corrected chi connectivity index (χ4v) is 3.76. The van der Waals surface area contributed by atoms with Gasteiger partial charge in [-0.05, 0) is 51.2 Å². The Morgan fingerprint density at radius 1 is 0.926 bits per heavy atom. The van der Waals surface area contributed by atoms with Crippen LogP contribution in [0.5, 0.6) is 0 Å². The van der Waals surface area contributed by atoms with Crippen LogP contribution in [0.4, 0.5) is 0 Å². The van der Waals surface area contributed by atoms with E-state index in [1.54, 1.807) is 0 Å². The molecule has 2 aromatic rings. The molecule has 0 spiro atoms. The SMILES string of the molecule is CC(C)(C)O[C@H](C(=O)O[C@H]1CCCC[C@@H]1c1ccccc1)c1ccccc1. The molecule has 0 N–H and O–H groups in total. The summed E-state index contributed by atoms with van der Waals surface area (Å²) in [6, 6.07) is 20.0. The Labute approximate surface area is 162 Å². The van der Waals surface area contributed by atoms with Gasteiger partial charge >= 0.3 is 5.97 Å². The summed E-state index contributed by atoms with van der Waals surface area (Å²) in [5.41, 5.74) is 1.65. The van der Waals surface area contributed by atoms with Crippen molar-refractivity contribution >= 4 is 5.97 Å². The molecule has 2 aromatic carbocycles. The van der Waals surface area contributed by atoms with Gasteiger partial charge in [0, 0.05) is 5.92 Å². The van der Waals surface area contributed by atoms with E-state index < -0.39 is 11.7 Å². The molecule has 1 fully saturated rings. The quantitative estimate of drug-likeness (QED) is 0.626. The third-order valence-electron chi connectivity index (χ3n) is 4.99. The first-order valence-electron chi connectivity index (χ1n) is 9.92. The molecule has 1 saturated carbocycles. The molecular weight excluding hydrogens is 336 g/mol. The average Bonchev–Trinajstić information content (AvgIpc) is 2.67. The first-order chi connectivity index (χ1) is 12.9. The van der Waals surface area contributed by atoms with E-state index in [4.69, 9.17) is 9.47 Å². The lowest BCUT2D eigenvalue weighted by molar-refractivity contribution is -0.175. The van der Waals surface area contributed by atoms with Crippen molar-refractivity contribution in [2.24, 2.45) is 0 Å². The Bertz CT molecular complexity index is 718. The molecule has 1 aliphatic carbocycles. The predicted molar refractivity (Wildman–Crippen MR) is 108 cm³/mol. The smallest absolute Gasteiger partial charge is 0.340 e. The molecule has 144 valence electrons. The van der Waals surface area contributed by atoms with Gasteiger partial charge in [-0.2, -0.15) is 0 Å². The van der Waals surface area contributed by atoms with Gasteiger partial charge in [-0.1, -0.05) is 67.1 Å². The zero-order valence-electron chi connectivity index (χ0n) is 16.6. The Morgan fingerprint density at radius 3 is 2.15 bits per heavy atom. The second-order valence-corrected chi connectivity index (χ2v) is 8.30. The Kier molecular flexibility index (Phi) is 6.33. The highest BCUT2D eigenvalue weighted by Crippen LogP contribution is 2.36. The molecule has 3 heteroatoms. The first kappa shape index (κ1) is 19.6. The molecule has 0 radical (unpaired) electrons. The van der Waals surface area contributed by atoms with Gasteiger partial charge < -0.3 is 9.47 Å². The van der Waals surface area contributed by atoms with Gasteiger partial charge in [0.25, 0.3) is 0 Å².